The number of nitrogens with two attached hydrogens (primary N) is 1. The summed E-state index contributed by atoms with van der Waals surface area (Å²) in [7, 11) is -3.45. The number of hydrogen-bond acceptors (Lipinski definition) is 8. The number of benzene rings is 2. The zero-order valence-electron chi connectivity index (χ0n) is 20.5. The molecule has 0 saturated carbocycles. The smallest absolute Gasteiger partial charge is 0.264 e. The number of fused-ring (bicyclic) bond motifs is 1. The predicted molar refractivity (Wildman–Crippen MR) is 149 cm³/mol. The Labute approximate surface area is 223 Å². The first kappa shape index (κ1) is 25.4. The molecule has 9 nitrogen and oxygen atoms in total. The summed E-state index contributed by atoms with van der Waals surface area (Å²) in [6.07, 6.45) is 4.08. The molecule has 0 saturated heterocycles. The van der Waals surface area contributed by atoms with Crippen molar-refractivity contribution in [3.63, 3.8) is 0 Å². The molecule has 3 heterocycles. The summed E-state index contributed by atoms with van der Waals surface area (Å²) >= 11 is 6.43. The normalized spacial score (nSPS) is 12.4. The molecular weight excluding hydrogens is 524 g/mol. The molecule has 0 aliphatic heterocycles. The predicted octanol–water partition coefficient (Wildman–Crippen LogP) is 4.65. The number of halogens is 1. The molecular formula is C27H23ClN6O3S. The van der Waals surface area contributed by atoms with E-state index in [0.29, 0.717) is 44.1 Å². The molecule has 1 unspecified atom stereocenters. The lowest BCUT2D eigenvalue weighted by atomic mass is 10.1. The first-order valence-corrected chi connectivity index (χ1v) is 13.9. The van der Waals surface area contributed by atoms with E-state index in [4.69, 9.17) is 17.3 Å². The quantitative estimate of drug-likeness (QED) is 0.314. The van der Waals surface area contributed by atoms with Gasteiger partial charge in [0.25, 0.3) is 5.56 Å². The van der Waals surface area contributed by atoms with Gasteiger partial charge in [-0.3, -0.25) is 9.36 Å². The van der Waals surface area contributed by atoms with E-state index in [1.54, 1.807) is 29.0 Å². The van der Waals surface area contributed by atoms with Crippen LogP contribution in [0.1, 0.15) is 18.7 Å². The summed E-state index contributed by atoms with van der Waals surface area (Å²) < 4.78 is 25.3. The van der Waals surface area contributed by atoms with Crippen LogP contribution in [0.3, 0.4) is 0 Å². The Balaban J connectivity index is 1.63. The lowest BCUT2D eigenvalue weighted by Crippen LogP contribution is -2.26. The molecule has 0 fully saturated rings. The Bertz CT molecular complexity index is 1820. The van der Waals surface area contributed by atoms with Crippen LogP contribution in [0.2, 0.25) is 5.02 Å². The number of aromatic nitrogens is 4. The van der Waals surface area contributed by atoms with Gasteiger partial charge in [-0.2, -0.15) is 4.98 Å². The van der Waals surface area contributed by atoms with Crippen LogP contribution in [0.15, 0.2) is 88.9 Å². The van der Waals surface area contributed by atoms with Gasteiger partial charge in [0.15, 0.2) is 14.9 Å². The third-order valence-corrected chi connectivity index (χ3v) is 7.39. The number of pyridine rings is 2. The van der Waals surface area contributed by atoms with Crippen molar-refractivity contribution in [1.29, 1.82) is 0 Å². The topological polar surface area (TPSA) is 133 Å². The summed E-state index contributed by atoms with van der Waals surface area (Å²) in [5.41, 5.74) is 8.18. The molecule has 0 bridgehead atoms. The van der Waals surface area contributed by atoms with E-state index in [1.807, 2.05) is 49.4 Å². The van der Waals surface area contributed by atoms with E-state index in [0.717, 1.165) is 6.26 Å². The van der Waals surface area contributed by atoms with Crippen LogP contribution in [0.5, 0.6) is 0 Å². The summed E-state index contributed by atoms with van der Waals surface area (Å²) in [5.74, 6) is 0.451. The highest BCUT2D eigenvalue weighted by atomic mass is 35.5. The minimum Gasteiger partial charge on any atom is -0.368 e. The van der Waals surface area contributed by atoms with E-state index >= 15 is 0 Å². The maximum Gasteiger partial charge on any atom is 0.264 e. The molecule has 38 heavy (non-hydrogen) atoms. The van der Waals surface area contributed by atoms with Crippen molar-refractivity contribution in [2.45, 2.75) is 18.0 Å². The fraction of sp³-hybridized carbons (Fsp3) is 0.111. The number of nitrogens with zero attached hydrogens (tertiary/aromatic N) is 4. The maximum atomic E-state index is 13.7. The fourth-order valence-corrected chi connectivity index (χ4v) is 5.08. The molecule has 3 N–H and O–H groups in total. The Kier molecular flexibility index (Phi) is 6.60. The van der Waals surface area contributed by atoms with E-state index in [9.17, 15) is 13.2 Å². The molecule has 0 spiro atoms. The number of para-hydroxylation sites is 1. The maximum absolute atomic E-state index is 13.7. The van der Waals surface area contributed by atoms with Crippen LogP contribution < -0.4 is 16.6 Å². The Morgan fingerprint density at radius 3 is 2.45 bits per heavy atom. The molecule has 2 aromatic carbocycles. The first-order valence-electron chi connectivity index (χ1n) is 11.6. The zero-order chi connectivity index (χ0) is 27.0. The van der Waals surface area contributed by atoms with Gasteiger partial charge in [-0.15, -0.1) is 0 Å². The van der Waals surface area contributed by atoms with Gasteiger partial charge in [-0.05, 0) is 48.7 Å². The number of nitrogens with one attached hydrogen (secondary N) is 1. The lowest BCUT2D eigenvalue weighted by molar-refractivity contribution is 0.598. The van der Waals surface area contributed by atoms with Gasteiger partial charge < -0.3 is 11.1 Å². The highest BCUT2D eigenvalue weighted by molar-refractivity contribution is 7.90. The van der Waals surface area contributed by atoms with Crippen molar-refractivity contribution in [3.8, 4) is 16.8 Å². The summed E-state index contributed by atoms with van der Waals surface area (Å²) in [5, 5.41) is 4.83. The second-order valence-electron chi connectivity index (χ2n) is 8.76. The van der Waals surface area contributed by atoms with Crippen molar-refractivity contribution < 1.29 is 8.42 Å². The number of rotatable bonds is 6. The molecule has 11 heteroatoms. The van der Waals surface area contributed by atoms with Gasteiger partial charge in [0.05, 0.1) is 16.5 Å². The molecule has 192 valence electrons. The largest absolute Gasteiger partial charge is 0.368 e. The van der Waals surface area contributed by atoms with Crippen molar-refractivity contribution in [2.75, 3.05) is 17.3 Å². The average molecular weight is 547 g/mol. The summed E-state index contributed by atoms with van der Waals surface area (Å²) in [6.45, 7) is 1.90. The SMILES string of the molecule is CC(Nc1nc(N)ncc1-c1ccc(S(C)(=O)=O)nc1)c1cc2cccc(Cl)c2c(=O)n1-c1ccccc1. The van der Waals surface area contributed by atoms with Crippen molar-refractivity contribution in [3.05, 3.63) is 100 Å². The van der Waals surface area contributed by atoms with Crippen LogP contribution in [0.25, 0.3) is 27.6 Å². The number of sulfone groups is 1. The molecule has 0 aliphatic carbocycles. The van der Waals surface area contributed by atoms with Gasteiger partial charge in [-0.25, -0.2) is 18.4 Å². The second-order valence-corrected chi connectivity index (χ2v) is 11.1. The average Bonchev–Trinajstić information content (AvgIpc) is 2.88. The molecule has 1 atom stereocenters. The molecule has 5 aromatic rings. The highest BCUT2D eigenvalue weighted by Gasteiger charge is 2.20. The zero-order valence-corrected chi connectivity index (χ0v) is 22.0. The summed E-state index contributed by atoms with van der Waals surface area (Å²) in [4.78, 5) is 26.3. The first-order chi connectivity index (χ1) is 18.1. The minimum atomic E-state index is -3.45. The van der Waals surface area contributed by atoms with E-state index in [1.165, 1.54) is 12.3 Å². The molecule has 5 rings (SSSR count). The van der Waals surface area contributed by atoms with Gasteiger partial charge in [0.1, 0.15) is 5.82 Å². The number of hydrogen-bond donors (Lipinski definition) is 2. The Morgan fingerprint density at radius 2 is 1.76 bits per heavy atom. The van der Waals surface area contributed by atoms with E-state index in [2.05, 4.69) is 20.3 Å². The van der Waals surface area contributed by atoms with Crippen LogP contribution in [0, 0.1) is 0 Å². The monoisotopic (exact) mass is 546 g/mol. The van der Waals surface area contributed by atoms with Crippen LogP contribution in [-0.2, 0) is 9.84 Å². The highest BCUT2D eigenvalue weighted by Crippen LogP contribution is 2.31. The van der Waals surface area contributed by atoms with Gasteiger partial charge in [0, 0.05) is 41.2 Å². The van der Waals surface area contributed by atoms with Gasteiger partial charge in [0.2, 0.25) is 5.95 Å². The van der Waals surface area contributed by atoms with E-state index < -0.39 is 15.9 Å². The Morgan fingerprint density at radius 1 is 1.00 bits per heavy atom. The number of anilines is 2. The fourth-order valence-electron chi connectivity index (χ4n) is 4.26. The van der Waals surface area contributed by atoms with Crippen LogP contribution >= 0.6 is 11.6 Å². The van der Waals surface area contributed by atoms with Crippen LogP contribution in [0.4, 0.5) is 11.8 Å². The van der Waals surface area contributed by atoms with Gasteiger partial charge >= 0.3 is 0 Å². The van der Waals surface area contributed by atoms with Crippen molar-refractivity contribution >= 4 is 44.0 Å². The van der Waals surface area contributed by atoms with Gasteiger partial charge in [-0.1, -0.05) is 41.9 Å². The standard InChI is InChI=1S/C27H23ClN6O3S/c1-16(32-25-20(15-31-27(29)33-25)18-11-12-23(30-14-18)38(2,36)37)22-13-17-7-6-10-21(28)24(17)26(35)34(22)19-8-4-3-5-9-19/h3-16H,1-2H3,(H3,29,31,32,33). The molecule has 0 radical (unpaired) electrons. The molecule has 3 aromatic heterocycles. The van der Waals surface area contributed by atoms with Crippen LogP contribution in [-0.4, -0.2) is 34.2 Å². The van der Waals surface area contributed by atoms with Crippen molar-refractivity contribution in [1.82, 2.24) is 19.5 Å². The third-order valence-electron chi connectivity index (χ3n) is 6.07. The lowest BCUT2D eigenvalue weighted by Gasteiger charge is -2.22. The minimum absolute atomic E-state index is 0.0396. The van der Waals surface area contributed by atoms with Crippen molar-refractivity contribution in [2.24, 2.45) is 0 Å². The molecule has 0 aliphatic rings. The number of nitrogen functional groups attached to an aromatic ring is 1. The molecule has 0 amide bonds. The second kappa shape index (κ2) is 9.88. The third kappa shape index (κ3) is 4.83. The Hall–Kier alpha value is -4.28. The van der Waals surface area contributed by atoms with E-state index in [-0.39, 0.29) is 16.5 Å². The summed E-state index contributed by atoms with van der Waals surface area (Å²) in [6, 6.07) is 19.2.